The molecule has 3 rings (SSSR count). The minimum atomic E-state index is -3.14. The van der Waals surface area contributed by atoms with Gasteiger partial charge < -0.3 is 15.2 Å². The van der Waals surface area contributed by atoms with Crippen LogP contribution < -0.4 is 5.32 Å². The second kappa shape index (κ2) is 11.2. The number of nitrogens with zero attached hydrogens (tertiary/aromatic N) is 2. The van der Waals surface area contributed by atoms with Crippen LogP contribution in [0.4, 0.5) is 0 Å². The molecule has 1 aromatic heterocycles. The predicted molar refractivity (Wildman–Crippen MR) is 138 cm³/mol. The van der Waals surface area contributed by atoms with Crippen LogP contribution in [-0.4, -0.2) is 65.8 Å². The lowest BCUT2D eigenvalue weighted by molar-refractivity contribution is 0.00607. The number of imidazole rings is 1. The average Bonchev–Trinajstić information content (AvgIpc) is 3.13. The van der Waals surface area contributed by atoms with Crippen LogP contribution in [0.2, 0.25) is 5.15 Å². The van der Waals surface area contributed by atoms with Gasteiger partial charge in [0.2, 0.25) is 0 Å². The number of hydrogen-bond donors (Lipinski definition) is 2. The molecule has 0 aliphatic heterocycles. The van der Waals surface area contributed by atoms with Crippen molar-refractivity contribution in [1.29, 1.82) is 0 Å². The molecule has 1 fully saturated rings. The van der Waals surface area contributed by atoms with Crippen molar-refractivity contribution in [1.82, 2.24) is 14.9 Å². The van der Waals surface area contributed by atoms with Gasteiger partial charge in [-0.15, -0.1) is 0 Å². The van der Waals surface area contributed by atoms with Gasteiger partial charge in [-0.3, -0.25) is 9.36 Å². The molecule has 0 spiro atoms. The maximum atomic E-state index is 13.0. The second-order valence-corrected chi connectivity index (χ2v) is 12.9. The molecule has 2 aliphatic carbocycles. The molecule has 0 saturated heterocycles. The molecule has 2 N–H and O–H groups in total. The second-order valence-electron chi connectivity index (χ2n) is 10.2. The number of ether oxygens (including phenoxy) is 1. The summed E-state index contributed by atoms with van der Waals surface area (Å²) in [6.45, 7) is 6.33. The summed E-state index contributed by atoms with van der Waals surface area (Å²) in [5.74, 6) is 0.730. The Labute approximate surface area is 213 Å². The Morgan fingerprint density at radius 2 is 2.00 bits per heavy atom. The molecule has 1 saturated carbocycles. The lowest BCUT2D eigenvalue weighted by atomic mass is 9.84. The Bertz CT molecular complexity index is 1100. The first-order valence-electron chi connectivity index (χ1n) is 12.3. The molecule has 0 unspecified atom stereocenters. The van der Waals surface area contributed by atoms with Crippen molar-refractivity contribution in [2.45, 2.75) is 82.7 Å². The van der Waals surface area contributed by atoms with Gasteiger partial charge in [0.1, 0.15) is 26.9 Å². The summed E-state index contributed by atoms with van der Waals surface area (Å²) < 4.78 is 31.2. The number of halogens is 1. The van der Waals surface area contributed by atoms with Gasteiger partial charge in [-0.2, -0.15) is 0 Å². The molecule has 1 aromatic rings. The summed E-state index contributed by atoms with van der Waals surface area (Å²) in [7, 11) is -1.47. The van der Waals surface area contributed by atoms with E-state index < -0.39 is 26.6 Å². The SMILES string of the molecule is CCc1nc(C(=O)NCC2(O)CCC(S(C)(=O)=O)CC2)c(Cl)n1C1=CC=C(CC(C)C)C[C@H]1OC. The number of aliphatic hydroxyl groups is 1. The van der Waals surface area contributed by atoms with Crippen LogP contribution in [0.15, 0.2) is 17.7 Å². The molecular formula is C25H38ClN3O5S. The van der Waals surface area contributed by atoms with Gasteiger partial charge in [-0.1, -0.05) is 44.0 Å². The maximum absolute atomic E-state index is 13.0. The topological polar surface area (TPSA) is 111 Å². The van der Waals surface area contributed by atoms with E-state index in [1.54, 1.807) is 11.7 Å². The van der Waals surface area contributed by atoms with Crippen molar-refractivity contribution < 1.29 is 23.1 Å². The van der Waals surface area contributed by atoms with Gasteiger partial charge in [0.25, 0.3) is 5.91 Å². The maximum Gasteiger partial charge on any atom is 0.273 e. The zero-order valence-corrected chi connectivity index (χ0v) is 22.9. The van der Waals surface area contributed by atoms with Gasteiger partial charge >= 0.3 is 0 Å². The Balaban J connectivity index is 1.77. The Kier molecular flexibility index (Phi) is 8.89. The molecule has 1 amide bonds. The highest BCUT2D eigenvalue weighted by Crippen LogP contribution is 2.34. The van der Waals surface area contributed by atoms with Crippen LogP contribution in [0, 0.1) is 5.92 Å². The molecule has 0 aromatic carbocycles. The molecule has 35 heavy (non-hydrogen) atoms. The quantitative estimate of drug-likeness (QED) is 0.505. The fraction of sp³-hybridized carbons (Fsp3) is 0.680. The summed E-state index contributed by atoms with van der Waals surface area (Å²) >= 11 is 6.70. The minimum Gasteiger partial charge on any atom is -0.388 e. The standard InChI is InChI=1S/C25H38ClN3O5S/c1-6-21-28-22(24(30)27-15-25(31)11-9-18(10-12-25)35(5,32)33)23(26)29(21)19-8-7-17(13-16(2)3)14-20(19)34-4/h7-8,16,18,20,31H,6,9-15H2,1-5H3,(H,27,30)/t18?,20-,25?/m1/s1. The van der Waals surface area contributed by atoms with Crippen molar-refractivity contribution in [3.05, 3.63) is 34.4 Å². The fourth-order valence-corrected chi connectivity index (χ4v) is 6.39. The molecule has 0 bridgehead atoms. The zero-order valence-electron chi connectivity index (χ0n) is 21.3. The van der Waals surface area contributed by atoms with Gasteiger partial charge in [-0.25, -0.2) is 13.4 Å². The number of aromatic nitrogens is 2. The number of aryl methyl sites for hydroxylation is 1. The summed E-state index contributed by atoms with van der Waals surface area (Å²) in [5.41, 5.74) is 1.10. The van der Waals surface area contributed by atoms with Gasteiger partial charge in [0, 0.05) is 32.8 Å². The van der Waals surface area contributed by atoms with E-state index >= 15 is 0 Å². The van der Waals surface area contributed by atoms with Crippen LogP contribution in [0.25, 0.3) is 5.70 Å². The van der Waals surface area contributed by atoms with E-state index in [4.69, 9.17) is 16.3 Å². The number of rotatable bonds is 9. The van der Waals surface area contributed by atoms with Crippen molar-refractivity contribution >= 4 is 33.0 Å². The van der Waals surface area contributed by atoms with Crippen molar-refractivity contribution in [3.63, 3.8) is 0 Å². The van der Waals surface area contributed by atoms with Crippen LogP contribution in [0.1, 0.15) is 75.6 Å². The van der Waals surface area contributed by atoms with Crippen LogP contribution in [0.5, 0.6) is 0 Å². The van der Waals surface area contributed by atoms with E-state index in [1.165, 1.54) is 11.8 Å². The molecule has 8 nitrogen and oxygen atoms in total. The van der Waals surface area contributed by atoms with Gasteiger partial charge in [0.15, 0.2) is 5.69 Å². The molecule has 1 heterocycles. The van der Waals surface area contributed by atoms with E-state index in [2.05, 4.69) is 30.2 Å². The van der Waals surface area contributed by atoms with Gasteiger partial charge in [-0.05, 0) is 44.1 Å². The summed E-state index contributed by atoms with van der Waals surface area (Å²) in [6, 6.07) is 0. The third-order valence-corrected chi connectivity index (χ3v) is 8.98. The summed E-state index contributed by atoms with van der Waals surface area (Å²) in [6.07, 6.45) is 8.79. The van der Waals surface area contributed by atoms with E-state index in [1.807, 2.05) is 13.0 Å². The number of allylic oxidation sites excluding steroid dienone is 2. The highest BCUT2D eigenvalue weighted by molar-refractivity contribution is 7.91. The molecule has 1 atom stereocenters. The number of amides is 1. The molecule has 10 heteroatoms. The van der Waals surface area contributed by atoms with Crippen LogP contribution in [-0.2, 0) is 21.0 Å². The van der Waals surface area contributed by atoms with E-state index in [9.17, 15) is 18.3 Å². The normalized spacial score (nSPS) is 25.4. The van der Waals surface area contributed by atoms with Crippen molar-refractivity contribution in [2.75, 3.05) is 19.9 Å². The van der Waals surface area contributed by atoms with Crippen molar-refractivity contribution in [2.24, 2.45) is 5.92 Å². The number of sulfone groups is 1. The number of carbonyl (C=O) groups is 1. The number of methoxy groups -OCH3 is 1. The highest BCUT2D eigenvalue weighted by Gasteiger charge is 2.37. The minimum absolute atomic E-state index is 0.0116. The average molecular weight is 528 g/mol. The van der Waals surface area contributed by atoms with Crippen LogP contribution in [0.3, 0.4) is 0 Å². The lowest BCUT2D eigenvalue weighted by Gasteiger charge is -2.35. The molecule has 2 aliphatic rings. The van der Waals surface area contributed by atoms with E-state index in [0.29, 0.717) is 43.8 Å². The smallest absolute Gasteiger partial charge is 0.273 e. The summed E-state index contributed by atoms with van der Waals surface area (Å²) in [4.78, 5) is 17.5. The largest absolute Gasteiger partial charge is 0.388 e. The van der Waals surface area contributed by atoms with Crippen molar-refractivity contribution in [3.8, 4) is 0 Å². The van der Waals surface area contributed by atoms with Gasteiger partial charge in [0.05, 0.1) is 16.5 Å². The zero-order chi connectivity index (χ0) is 26.0. The van der Waals surface area contributed by atoms with E-state index in [-0.39, 0.29) is 23.5 Å². The van der Waals surface area contributed by atoms with Crippen LogP contribution >= 0.6 is 11.6 Å². The number of hydrogen-bond acceptors (Lipinski definition) is 6. The fourth-order valence-electron chi connectivity index (χ4n) is 4.97. The Morgan fingerprint density at radius 3 is 2.54 bits per heavy atom. The molecule has 0 radical (unpaired) electrons. The van der Waals surface area contributed by atoms with E-state index in [0.717, 1.165) is 18.5 Å². The first-order valence-corrected chi connectivity index (χ1v) is 14.6. The first-order chi connectivity index (χ1) is 16.4. The highest BCUT2D eigenvalue weighted by atomic mass is 35.5. The monoisotopic (exact) mass is 527 g/mol. The Morgan fingerprint density at radius 1 is 1.34 bits per heavy atom. The molecular weight excluding hydrogens is 490 g/mol. The third-order valence-electron chi connectivity index (χ3n) is 6.95. The number of nitrogens with one attached hydrogen (secondary N) is 1. The third kappa shape index (κ3) is 6.56. The predicted octanol–water partition coefficient (Wildman–Crippen LogP) is 3.78. The summed E-state index contributed by atoms with van der Waals surface area (Å²) in [5, 5.41) is 13.4. The first kappa shape index (κ1) is 27.9. The lowest BCUT2D eigenvalue weighted by Crippen LogP contribution is -2.47. The number of carbonyl (C=O) groups excluding carboxylic acids is 1. The Hall–Kier alpha value is -1.68. The molecule has 196 valence electrons.